The maximum atomic E-state index is 13.0. The molecule has 1 aromatic carbocycles. The molecule has 1 amide bonds. The minimum atomic E-state index is -4.71. The predicted octanol–water partition coefficient (Wildman–Crippen LogP) is 2.25. The van der Waals surface area contributed by atoms with Gasteiger partial charge < -0.3 is 4.90 Å². The Kier molecular flexibility index (Phi) is 5.59. The van der Waals surface area contributed by atoms with Gasteiger partial charge in [0.05, 0.1) is 10.6 Å². The molecule has 0 N–H and O–H groups in total. The molecule has 1 aliphatic rings. The molecule has 1 fully saturated rings. The molecule has 1 aliphatic heterocycles. The Morgan fingerprint density at radius 2 is 1.81 bits per heavy atom. The summed E-state index contributed by atoms with van der Waals surface area (Å²) in [4.78, 5) is 21.7. The molecule has 170 valence electrons. The van der Waals surface area contributed by atoms with Crippen LogP contribution in [-0.4, -0.2) is 69.3 Å². The molecule has 1 saturated heterocycles. The Hall–Kier alpha value is -2.77. The van der Waals surface area contributed by atoms with Crippen LogP contribution in [0.5, 0.6) is 0 Å². The summed E-state index contributed by atoms with van der Waals surface area (Å²) in [5.74, 6) is -0.318. The summed E-state index contributed by atoms with van der Waals surface area (Å²) in [5, 5.41) is 3.83. The van der Waals surface area contributed by atoms with Crippen LogP contribution in [0.2, 0.25) is 5.02 Å². The van der Waals surface area contributed by atoms with E-state index in [1.807, 2.05) is 0 Å². The molecule has 32 heavy (non-hydrogen) atoms. The predicted molar refractivity (Wildman–Crippen MR) is 107 cm³/mol. The van der Waals surface area contributed by atoms with Gasteiger partial charge in [0.25, 0.3) is 11.7 Å². The molecule has 3 aromatic rings. The Labute approximate surface area is 185 Å². The zero-order chi connectivity index (χ0) is 23.3. The minimum absolute atomic E-state index is 0.0105. The highest BCUT2D eigenvalue weighted by Gasteiger charge is 2.36. The van der Waals surface area contributed by atoms with Gasteiger partial charge in [-0.2, -0.15) is 22.5 Å². The van der Waals surface area contributed by atoms with E-state index in [0.717, 1.165) is 22.1 Å². The monoisotopic (exact) mass is 488 g/mol. The van der Waals surface area contributed by atoms with Crippen LogP contribution in [0, 0.1) is 6.92 Å². The number of halogens is 4. The van der Waals surface area contributed by atoms with E-state index in [-0.39, 0.29) is 42.8 Å². The second-order valence-corrected chi connectivity index (χ2v) is 9.39. The van der Waals surface area contributed by atoms with Gasteiger partial charge in [0.2, 0.25) is 15.8 Å². The average molecular weight is 489 g/mol. The van der Waals surface area contributed by atoms with Crippen LogP contribution in [0.1, 0.15) is 21.9 Å². The molecule has 14 heteroatoms. The van der Waals surface area contributed by atoms with Crippen LogP contribution in [0.15, 0.2) is 35.4 Å². The number of aromatic nitrogens is 4. The number of rotatable bonds is 3. The highest BCUT2D eigenvalue weighted by molar-refractivity contribution is 7.89. The number of nitrogens with zero attached hydrogens (tertiary/aromatic N) is 6. The van der Waals surface area contributed by atoms with Crippen LogP contribution in [0.4, 0.5) is 13.2 Å². The smallest absolute Gasteiger partial charge is 0.333 e. The zero-order valence-corrected chi connectivity index (χ0v) is 18.1. The molecule has 3 heterocycles. The van der Waals surface area contributed by atoms with Gasteiger partial charge in [-0.15, -0.1) is 5.10 Å². The number of fused-ring (bicyclic) bond motifs is 1. The van der Waals surface area contributed by atoms with E-state index in [0.29, 0.717) is 6.07 Å². The molecule has 0 bridgehead atoms. The third kappa shape index (κ3) is 4.02. The molecule has 9 nitrogen and oxygen atoms in total. The number of carbonyl (C=O) groups is 1. The summed E-state index contributed by atoms with van der Waals surface area (Å²) in [5.41, 5.74) is -0.383. The Morgan fingerprint density at radius 1 is 1.12 bits per heavy atom. The number of carbonyl (C=O) groups excluding carboxylic acids is 1. The van der Waals surface area contributed by atoms with Crippen molar-refractivity contribution >= 4 is 33.3 Å². The maximum absolute atomic E-state index is 13.0. The quantitative estimate of drug-likeness (QED) is 0.560. The molecule has 0 unspecified atom stereocenters. The Bertz CT molecular complexity index is 1300. The van der Waals surface area contributed by atoms with Gasteiger partial charge in [-0.25, -0.2) is 17.9 Å². The van der Waals surface area contributed by atoms with Gasteiger partial charge >= 0.3 is 6.18 Å². The fraction of sp³-hybridized carbons (Fsp3) is 0.333. The first kappa shape index (κ1) is 22.4. The highest BCUT2D eigenvalue weighted by atomic mass is 35.5. The molecule has 0 saturated carbocycles. The third-order valence-electron chi connectivity index (χ3n) is 5.02. The first-order valence-electron chi connectivity index (χ1n) is 9.33. The molecule has 0 radical (unpaired) electrons. The molecular weight excluding hydrogens is 473 g/mol. The largest absolute Gasteiger partial charge is 0.416 e. The fourth-order valence-electron chi connectivity index (χ4n) is 3.29. The number of alkyl halides is 3. The van der Waals surface area contributed by atoms with Crippen LogP contribution in [0.25, 0.3) is 5.78 Å². The minimum Gasteiger partial charge on any atom is -0.333 e. The number of aryl methyl sites for hydroxylation is 1. The Balaban J connectivity index is 1.51. The third-order valence-corrected chi connectivity index (χ3v) is 7.40. The highest BCUT2D eigenvalue weighted by Crippen LogP contribution is 2.34. The van der Waals surface area contributed by atoms with Crippen molar-refractivity contribution in [2.75, 3.05) is 26.2 Å². The van der Waals surface area contributed by atoms with E-state index < -0.39 is 32.6 Å². The summed E-state index contributed by atoms with van der Waals surface area (Å²) in [6.45, 7) is 1.56. The number of hydrogen-bond donors (Lipinski definition) is 0. The molecule has 2 aromatic heterocycles. The van der Waals surface area contributed by atoms with Gasteiger partial charge in [-0.05, 0) is 31.2 Å². The number of benzene rings is 1. The number of piperazine rings is 1. The van der Waals surface area contributed by atoms with Gasteiger partial charge in [-0.1, -0.05) is 11.6 Å². The summed E-state index contributed by atoms with van der Waals surface area (Å²) in [7, 11) is -4.30. The van der Waals surface area contributed by atoms with Crippen molar-refractivity contribution in [3.05, 3.63) is 52.6 Å². The average Bonchev–Trinajstić information content (AvgIpc) is 3.18. The lowest BCUT2D eigenvalue weighted by Gasteiger charge is -2.33. The Morgan fingerprint density at radius 3 is 2.44 bits per heavy atom. The van der Waals surface area contributed by atoms with Gasteiger partial charge in [-0.3, -0.25) is 4.79 Å². The molecule has 4 rings (SSSR count). The van der Waals surface area contributed by atoms with Gasteiger partial charge in [0.15, 0.2) is 0 Å². The lowest BCUT2D eigenvalue weighted by Crippen LogP contribution is -2.50. The number of amides is 1. The van der Waals surface area contributed by atoms with E-state index in [4.69, 9.17) is 11.6 Å². The summed E-state index contributed by atoms with van der Waals surface area (Å²) >= 11 is 5.90. The van der Waals surface area contributed by atoms with Crippen molar-refractivity contribution in [1.29, 1.82) is 0 Å². The SMILES string of the molecule is Cc1ccnc2nc(C(=O)N3CCN(S(=O)(=O)c4cc(C(F)(F)F)ccc4Cl)CC3)nn12. The van der Waals surface area contributed by atoms with Crippen molar-refractivity contribution in [3.8, 4) is 0 Å². The van der Waals surface area contributed by atoms with Crippen LogP contribution in [-0.2, 0) is 16.2 Å². The van der Waals surface area contributed by atoms with Crippen LogP contribution >= 0.6 is 11.6 Å². The molecule has 0 spiro atoms. The zero-order valence-electron chi connectivity index (χ0n) is 16.5. The number of hydrogen-bond acceptors (Lipinski definition) is 6. The second kappa shape index (κ2) is 7.98. The summed E-state index contributed by atoms with van der Waals surface area (Å²) in [6, 6.07) is 3.85. The van der Waals surface area contributed by atoms with Crippen LogP contribution in [0.3, 0.4) is 0 Å². The van der Waals surface area contributed by atoms with Crippen molar-refractivity contribution in [2.45, 2.75) is 18.0 Å². The van der Waals surface area contributed by atoms with E-state index in [2.05, 4.69) is 15.1 Å². The first-order valence-corrected chi connectivity index (χ1v) is 11.1. The second-order valence-electron chi connectivity index (χ2n) is 7.07. The fourth-order valence-corrected chi connectivity index (χ4v) is 5.21. The van der Waals surface area contributed by atoms with Crippen LogP contribution < -0.4 is 0 Å². The van der Waals surface area contributed by atoms with Crippen molar-refractivity contribution < 1.29 is 26.4 Å². The van der Waals surface area contributed by atoms with E-state index in [1.165, 1.54) is 15.6 Å². The number of sulfonamides is 1. The topological polar surface area (TPSA) is 101 Å². The lowest BCUT2D eigenvalue weighted by atomic mass is 10.2. The molecule has 0 aliphatic carbocycles. The molecule has 0 atom stereocenters. The van der Waals surface area contributed by atoms with Crippen molar-refractivity contribution in [3.63, 3.8) is 0 Å². The normalized spacial score (nSPS) is 16.0. The first-order chi connectivity index (χ1) is 15.0. The summed E-state index contributed by atoms with van der Waals surface area (Å²) < 4.78 is 67.3. The van der Waals surface area contributed by atoms with Crippen molar-refractivity contribution in [2.24, 2.45) is 0 Å². The molecular formula is C18H16ClF3N6O3S. The van der Waals surface area contributed by atoms with E-state index >= 15 is 0 Å². The summed E-state index contributed by atoms with van der Waals surface area (Å²) in [6.07, 6.45) is -3.18. The van der Waals surface area contributed by atoms with E-state index in [9.17, 15) is 26.4 Å². The van der Waals surface area contributed by atoms with Crippen molar-refractivity contribution in [1.82, 2.24) is 28.8 Å². The standard InChI is InChI=1S/C18H16ClF3N6O3S/c1-11-4-5-23-17-24-15(25-28(11)17)16(29)26-6-8-27(9-7-26)32(30,31)14-10-12(18(20,21)22)2-3-13(14)19/h2-5,10H,6-9H2,1H3. The van der Waals surface area contributed by atoms with Gasteiger partial charge in [0, 0.05) is 38.1 Å². The van der Waals surface area contributed by atoms with Gasteiger partial charge in [0.1, 0.15) is 4.90 Å². The van der Waals surface area contributed by atoms with E-state index in [1.54, 1.807) is 13.0 Å². The lowest BCUT2D eigenvalue weighted by molar-refractivity contribution is -0.137. The maximum Gasteiger partial charge on any atom is 0.416 e.